The van der Waals surface area contributed by atoms with Crippen LogP contribution in [0.3, 0.4) is 0 Å². The molecule has 3 rings (SSSR count). The zero-order chi connectivity index (χ0) is 16.1. The van der Waals surface area contributed by atoms with Crippen molar-refractivity contribution in [2.45, 2.75) is 0 Å². The molecule has 1 heterocycles. The molecular formula is C16H17N5O2. The minimum atomic E-state index is -0.427. The summed E-state index contributed by atoms with van der Waals surface area (Å²) in [6, 6.07) is 16.4. The van der Waals surface area contributed by atoms with E-state index in [9.17, 15) is 10.1 Å². The average Bonchev–Trinajstić information content (AvgIpc) is 2.61. The lowest BCUT2D eigenvalue weighted by molar-refractivity contribution is -0.384. The molecule has 1 aliphatic rings. The number of para-hydroxylation sites is 1. The van der Waals surface area contributed by atoms with Crippen LogP contribution in [0, 0.1) is 10.1 Å². The molecule has 0 atom stereocenters. The van der Waals surface area contributed by atoms with E-state index in [0.29, 0.717) is 5.69 Å². The number of nitro benzene ring substituents is 1. The fourth-order valence-electron chi connectivity index (χ4n) is 2.44. The van der Waals surface area contributed by atoms with Gasteiger partial charge < -0.3 is 4.90 Å². The summed E-state index contributed by atoms with van der Waals surface area (Å²) in [7, 11) is 0. The maximum Gasteiger partial charge on any atom is 0.269 e. The third-order valence-electron chi connectivity index (χ3n) is 3.72. The maximum atomic E-state index is 10.6. The number of anilines is 1. The summed E-state index contributed by atoms with van der Waals surface area (Å²) in [5.41, 5.74) is 1.89. The summed E-state index contributed by atoms with van der Waals surface area (Å²) < 4.78 is 0. The van der Waals surface area contributed by atoms with Gasteiger partial charge in [0.25, 0.3) is 5.69 Å². The average molecular weight is 311 g/mol. The SMILES string of the molecule is O=[N+]([O-])c1ccc(N=NN2CCN(c3ccccc3)CC2)cc1. The van der Waals surface area contributed by atoms with E-state index in [-0.39, 0.29) is 5.69 Å². The molecule has 7 nitrogen and oxygen atoms in total. The Balaban J connectivity index is 1.55. The lowest BCUT2D eigenvalue weighted by Gasteiger charge is -2.33. The molecule has 23 heavy (non-hydrogen) atoms. The molecule has 0 aromatic heterocycles. The highest BCUT2D eigenvalue weighted by atomic mass is 16.6. The van der Waals surface area contributed by atoms with Crippen LogP contribution in [0.1, 0.15) is 0 Å². The van der Waals surface area contributed by atoms with E-state index in [0.717, 1.165) is 26.2 Å². The van der Waals surface area contributed by atoms with Crippen LogP contribution in [0.25, 0.3) is 0 Å². The third kappa shape index (κ3) is 3.82. The van der Waals surface area contributed by atoms with E-state index in [1.54, 1.807) is 12.1 Å². The molecule has 0 saturated carbocycles. The van der Waals surface area contributed by atoms with Gasteiger partial charge in [0.05, 0.1) is 23.7 Å². The summed E-state index contributed by atoms with van der Waals surface area (Å²) in [4.78, 5) is 12.5. The van der Waals surface area contributed by atoms with Gasteiger partial charge in [0.1, 0.15) is 0 Å². The van der Waals surface area contributed by atoms with Crippen molar-refractivity contribution in [2.24, 2.45) is 10.3 Å². The predicted octanol–water partition coefficient (Wildman–Crippen LogP) is 3.42. The minimum Gasteiger partial charge on any atom is -0.368 e. The quantitative estimate of drug-likeness (QED) is 0.492. The van der Waals surface area contributed by atoms with Crippen molar-refractivity contribution >= 4 is 17.1 Å². The Kier molecular flexibility index (Phi) is 4.46. The number of benzene rings is 2. The van der Waals surface area contributed by atoms with E-state index >= 15 is 0 Å². The Morgan fingerprint density at radius 2 is 1.57 bits per heavy atom. The van der Waals surface area contributed by atoms with Gasteiger partial charge in [0.15, 0.2) is 0 Å². The molecule has 7 heteroatoms. The Hall–Kier alpha value is -2.96. The number of hydrogen-bond donors (Lipinski definition) is 0. The summed E-state index contributed by atoms with van der Waals surface area (Å²) in [5.74, 6) is 0. The minimum absolute atomic E-state index is 0.0559. The van der Waals surface area contributed by atoms with E-state index in [4.69, 9.17) is 0 Å². The topological polar surface area (TPSA) is 74.3 Å². The largest absolute Gasteiger partial charge is 0.368 e. The molecule has 0 aliphatic carbocycles. The van der Waals surface area contributed by atoms with Gasteiger partial charge in [-0.3, -0.25) is 15.1 Å². The molecule has 0 N–H and O–H groups in total. The van der Waals surface area contributed by atoms with E-state index in [1.165, 1.54) is 17.8 Å². The van der Waals surface area contributed by atoms with E-state index in [1.807, 2.05) is 23.2 Å². The molecule has 1 aliphatic heterocycles. The fourth-order valence-corrected chi connectivity index (χ4v) is 2.44. The summed E-state index contributed by atoms with van der Waals surface area (Å²) in [5, 5.41) is 20.9. The highest BCUT2D eigenvalue weighted by Gasteiger charge is 2.15. The molecule has 0 radical (unpaired) electrons. The molecule has 1 saturated heterocycles. The molecule has 0 spiro atoms. The number of hydrogen-bond acceptors (Lipinski definition) is 5. The number of rotatable bonds is 4. The van der Waals surface area contributed by atoms with E-state index < -0.39 is 4.92 Å². The van der Waals surface area contributed by atoms with E-state index in [2.05, 4.69) is 27.4 Å². The molecule has 118 valence electrons. The van der Waals surface area contributed by atoms with Gasteiger partial charge in [-0.05, 0) is 24.3 Å². The Morgan fingerprint density at radius 1 is 0.913 bits per heavy atom. The van der Waals surface area contributed by atoms with Crippen LogP contribution in [0.15, 0.2) is 64.9 Å². The lowest BCUT2D eigenvalue weighted by atomic mass is 10.2. The molecule has 0 amide bonds. The van der Waals surface area contributed by atoms with Crippen LogP contribution in [-0.4, -0.2) is 36.1 Å². The first-order valence-electron chi connectivity index (χ1n) is 7.43. The molecule has 1 fully saturated rings. The van der Waals surface area contributed by atoms with Crippen LogP contribution in [0.5, 0.6) is 0 Å². The second kappa shape index (κ2) is 6.87. The standard InChI is InChI=1S/C16H17N5O2/c22-21(23)16-8-6-14(7-9-16)17-18-20-12-10-19(11-13-20)15-4-2-1-3-5-15/h1-9H,10-13H2. The normalized spacial score (nSPS) is 15.1. The Bertz CT molecular complexity index is 679. The summed E-state index contributed by atoms with van der Waals surface area (Å²) in [6.07, 6.45) is 0. The van der Waals surface area contributed by atoms with Gasteiger partial charge in [-0.2, -0.15) is 0 Å². The van der Waals surface area contributed by atoms with Gasteiger partial charge >= 0.3 is 0 Å². The molecule has 0 bridgehead atoms. The van der Waals surface area contributed by atoms with Gasteiger partial charge in [-0.1, -0.05) is 23.4 Å². The highest BCUT2D eigenvalue weighted by molar-refractivity contribution is 5.46. The van der Waals surface area contributed by atoms with Crippen LogP contribution in [0.2, 0.25) is 0 Å². The number of piperazine rings is 1. The van der Waals surface area contributed by atoms with Gasteiger partial charge in [0, 0.05) is 30.9 Å². The van der Waals surface area contributed by atoms with Crippen molar-refractivity contribution in [3.05, 3.63) is 64.7 Å². The second-order valence-corrected chi connectivity index (χ2v) is 5.24. The van der Waals surface area contributed by atoms with Crippen molar-refractivity contribution in [3.63, 3.8) is 0 Å². The molecule has 2 aromatic carbocycles. The number of nitrogens with zero attached hydrogens (tertiary/aromatic N) is 5. The van der Waals surface area contributed by atoms with Crippen molar-refractivity contribution in [2.75, 3.05) is 31.1 Å². The molecule has 2 aromatic rings. The second-order valence-electron chi connectivity index (χ2n) is 5.24. The van der Waals surface area contributed by atoms with Gasteiger partial charge in [-0.25, -0.2) is 0 Å². The number of nitro groups is 1. The van der Waals surface area contributed by atoms with Gasteiger partial charge in [0.2, 0.25) is 0 Å². The van der Waals surface area contributed by atoms with Crippen LogP contribution < -0.4 is 4.90 Å². The fraction of sp³-hybridized carbons (Fsp3) is 0.250. The third-order valence-corrected chi connectivity index (χ3v) is 3.72. The first-order valence-corrected chi connectivity index (χ1v) is 7.43. The Morgan fingerprint density at radius 3 is 2.17 bits per heavy atom. The van der Waals surface area contributed by atoms with Crippen LogP contribution >= 0.6 is 0 Å². The zero-order valence-electron chi connectivity index (χ0n) is 12.6. The van der Waals surface area contributed by atoms with Crippen molar-refractivity contribution in [1.29, 1.82) is 0 Å². The first kappa shape index (κ1) is 15.0. The first-order chi connectivity index (χ1) is 11.2. The smallest absolute Gasteiger partial charge is 0.269 e. The number of non-ortho nitro benzene ring substituents is 1. The highest BCUT2D eigenvalue weighted by Crippen LogP contribution is 2.19. The van der Waals surface area contributed by atoms with Crippen LogP contribution in [0.4, 0.5) is 17.1 Å². The van der Waals surface area contributed by atoms with Crippen LogP contribution in [-0.2, 0) is 0 Å². The maximum absolute atomic E-state index is 10.6. The summed E-state index contributed by atoms with van der Waals surface area (Å²) >= 11 is 0. The van der Waals surface area contributed by atoms with Crippen molar-refractivity contribution < 1.29 is 4.92 Å². The molecule has 0 unspecified atom stereocenters. The Labute approximate surface area is 134 Å². The van der Waals surface area contributed by atoms with Gasteiger partial charge in [-0.15, -0.1) is 5.11 Å². The predicted molar refractivity (Wildman–Crippen MR) is 87.8 cm³/mol. The zero-order valence-corrected chi connectivity index (χ0v) is 12.6. The lowest BCUT2D eigenvalue weighted by Crippen LogP contribution is -2.43. The van der Waals surface area contributed by atoms with Crippen molar-refractivity contribution in [3.8, 4) is 0 Å². The summed E-state index contributed by atoms with van der Waals surface area (Å²) in [6.45, 7) is 3.38. The molecular weight excluding hydrogens is 294 g/mol. The monoisotopic (exact) mass is 311 g/mol. The van der Waals surface area contributed by atoms with Crippen molar-refractivity contribution in [1.82, 2.24) is 5.01 Å².